The molecule has 12 heteroatoms. The topological polar surface area (TPSA) is 89.5 Å². The highest BCUT2D eigenvalue weighted by atomic mass is 19.3. The standard InChI is InChI=1S/C34H43F2N5O5/c1-4-45-34-37-32(44-3)27(33(38-34)46-23-29(35)36)21-39-19-26-20-40(30(42)15-18-43-2)16-17-41(26)28(22-39)31(24-11-7-5-8-12-24)25-13-9-6-10-14-25/h5-14,26,28-29,31H,4,15-23H2,1-3H3/t26-,28?/m1/s1. The van der Waals surface area contributed by atoms with Crippen LogP contribution in [0.5, 0.6) is 17.8 Å². The summed E-state index contributed by atoms with van der Waals surface area (Å²) in [5.41, 5.74) is 2.86. The first-order chi connectivity index (χ1) is 22.4. The molecule has 2 saturated heterocycles. The third-order valence-corrected chi connectivity index (χ3v) is 8.55. The van der Waals surface area contributed by atoms with Crippen LogP contribution in [0, 0.1) is 0 Å². The van der Waals surface area contributed by atoms with Gasteiger partial charge in [-0.1, -0.05) is 60.7 Å². The molecule has 2 fully saturated rings. The average molecular weight is 640 g/mol. The van der Waals surface area contributed by atoms with E-state index in [1.165, 1.54) is 18.2 Å². The Hall–Kier alpha value is -3.87. The Labute approximate surface area is 269 Å². The molecule has 2 aromatic carbocycles. The zero-order valence-electron chi connectivity index (χ0n) is 26.7. The number of piperazine rings is 2. The maximum atomic E-state index is 13.3. The van der Waals surface area contributed by atoms with Crippen LogP contribution in [0.25, 0.3) is 0 Å². The highest BCUT2D eigenvalue weighted by Crippen LogP contribution is 2.37. The van der Waals surface area contributed by atoms with Crippen molar-refractivity contribution in [2.24, 2.45) is 0 Å². The number of alkyl halides is 2. The van der Waals surface area contributed by atoms with E-state index in [1.807, 2.05) is 17.0 Å². The number of hydrogen-bond donors (Lipinski definition) is 0. The van der Waals surface area contributed by atoms with Gasteiger partial charge in [0.25, 0.3) is 6.43 Å². The molecule has 3 heterocycles. The average Bonchev–Trinajstić information content (AvgIpc) is 3.07. The number of halogens is 2. The number of methoxy groups -OCH3 is 2. The number of hydrogen-bond acceptors (Lipinski definition) is 9. The fourth-order valence-corrected chi connectivity index (χ4v) is 6.58. The van der Waals surface area contributed by atoms with Crippen molar-refractivity contribution in [3.8, 4) is 17.8 Å². The molecule has 0 radical (unpaired) electrons. The number of rotatable bonds is 14. The lowest BCUT2D eigenvalue weighted by atomic mass is 9.81. The molecule has 2 atom stereocenters. The van der Waals surface area contributed by atoms with Gasteiger partial charge in [-0.05, 0) is 18.1 Å². The second kappa shape index (κ2) is 16.1. The first kappa shape index (κ1) is 33.5. The lowest BCUT2D eigenvalue weighted by Crippen LogP contribution is -2.67. The molecule has 1 amide bonds. The van der Waals surface area contributed by atoms with E-state index in [4.69, 9.17) is 18.9 Å². The van der Waals surface area contributed by atoms with Gasteiger partial charge in [0.05, 0.1) is 32.3 Å². The van der Waals surface area contributed by atoms with Crippen molar-refractivity contribution in [3.63, 3.8) is 0 Å². The molecule has 0 N–H and O–H groups in total. The summed E-state index contributed by atoms with van der Waals surface area (Å²) in [5.74, 6) is 0.334. The molecule has 1 aromatic heterocycles. The predicted molar refractivity (Wildman–Crippen MR) is 169 cm³/mol. The van der Waals surface area contributed by atoms with Crippen LogP contribution in [0.15, 0.2) is 60.7 Å². The summed E-state index contributed by atoms with van der Waals surface area (Å²) >= 11 is 0. The summed E-state index contributed by atoms with van der Waals surface area (Å²) in [4.78, 5) is 28.6. The first-order valence-electron chi connectivity index (χ1n) is 15.7. The summed E-state index contributed by atoms with van der Waals surface area (Å²) in [5, 5.41) is 0. The van der Waals surface area contributed by atoms with Gasteiger partial charge < -0.3 is 23.8 Å². The number of amides is 1. The SMILES string of the molecule is CCOc1nc(OC)c(CN2CC(C(c3ccccc3)c3ccccc3)N3CCN(C(=O)CCOC)C[C@H]3C2)c(OCC(F)F)n1. The van der Waals surface area contributed by atoms with Crippen LogP contribution in [-0.4, -0.2) is 116 Å². The largest absolute Gasteiger partial charge is 0.481 e. The zero-order valence-corrected chi connectivity index (χ0v) is 26.7. The van der Waals surface area contributed by atoms with Gasteiger partial charge in [0.2, 0.25) is 17.7 Å². The number of aromatic nitrogens is 2. The molecule has 0 saturated carbocycles. The van der Waals surface area contributed by atoms with Crippen LogP contribution in [0.1, 0.15) is 36.0 Å². The summed E-state index contributed by atoms with van der Waals surface area (Å²) in [6.45, 7) is 5.16. The molecular formula is C34H43F2N5O5. The van der Waals surface area contributed by atoms with Gasteiger partial charge in [0.15, 0.2) is 6.61 Å². The Bertz CT molecular complexity index is 1360. The highest BCUT2D eigenvalue weighted by molar-refractivity contribution is 5.76. The van der Waals surface area contributed by atoms with Gasteiger partial charge in [-0.15, -0.1) is 0 Å². The van der Waals surface area contributed by atoms with Gasteiger partial charge >= 0.3 is 6.01 Å². The van der Waals surface area contributed by atoms with E-state index in [2.05, 4.69) is 68.3 Å². The van der Waals surface area contributed by atoms with E-state index < -0.39 is 13.0 Å². The van der Waals surface area contributed by atoms with E-state index in [0.717, 1.165) is 6.54 Å². The lowest BCUT2D eigenvalue weighted by Gasteiger charge is -2.53. The monoisotopic (exact) mass is 639 g/mol. The van der Waals surface area contributed by atoms with E-state index in [1.54, 1.807) is 14.0 Å². The number of ether oxygens (including phenoxy) is 4. The molecule has 3 aromatic rings. The number of nitrogens with zero attached hydrogens (tertiary/aromatic N) is 5. The van der Waals surface area contributed by atoms with E-state index >= 15 is 0 Å². The first-order valence-corrected chi connectivity index (χ1v) is 15.7. The second-order valence-corrected chi connectivity index (χ2v) is 11.5. The minimum Gasteiger partial charge on any atom is -0.481 e. The van der Waals surface area contributed by atoms with Gasteiger partial charge in [-0.2, -0.15) is 9.97 Å². The Morgan fingerprint density at radius 1 is 0.913 bits per heavy atom. The summed E-state index contributed by atoms with van der Waals surface area (Å²) < 4.78 is 48.4. The Morgan fingerprint density at radius 3 is 2.20 bits per heavy atom. The summed E-state index contributed by atoms with van der Waals surface area (Å²) in [6, 6.07) is 21.0. The van der Waals surface area contributed by atoms with Crippen LogP contribution in [0.4, 0.5) is 8.78 Å². The van der Waals surface area contributed by atoms with Crippen molar-refractivity contribution < 1.29 is 32.5 Å². The van der Waals surface area contributed by atoms with Crippen molar-refractivity contribution in [1.29, 1.82) is 0 Å². The molecule has 0 aliphatic carbocycles. The Morgan fingerprint density at radius 2 is 1.59 bits per heavy atom. The maximum absolute atomic E-state index is 13.3. The molecule has 5 rings (SSSR count). The smallest absolute Gasteiger partial charge is 0.323 e. The number of carbonyl (C=O) groups excluding carboxylic acids is 1. The summed E-state index contributed by atoms with van der Waals surface area (Å²) in [6.07, 6.45) is -2.35. The van der Waals surface area contributed by atoms with E-state index in [-0.39, 0.29) is 41.7 Å². The van der Waals surface area contributed by atoms with Gasteiger partial charge in [0.1, 0.15) is 0 Å². The van der Waals surface area contributed by atoms with Crippen molar-refractivity contribution in [2.45, 2.75) is 44.3 Å². The van der Waals surface area contributed by atoms with Crippen LogP contribution in [-0.2, 0) is 16.1 Å². The lowest BCUT2D eigenvalue weighted by molar-refractivity contribution is -0.137. The Kier molecular flexibility index (Phi) is 11.7. The fraction of sp³-hybridized carbons (Fsp3) is 0.500. The predicted octanol–water partition coefficient (Wildman–Crippen LogP) is 4.09. The van der Waals surface area contributed by atoms with Crippen molar-refractivity contribution >= 4 is 5.91 Å². The molecule has 0 bridgehead atoms. The molecule has 10 nitrogen and oxygen atoms in total. The molecule has 248 valence electrons. The van der Waals surface area contributed by atoms with Gasteiger partial charge in [0, 0.05) is 64.4 Å². The minimum atomic E-state index is -2.68. The number of benzene rings is 2. The number of carbonyl (C=O) groups is 1. The van der Waals surface area contributed by atoms with Crippen LogP contribution < -0.4 is 14.2 Å². The van der Waals surface area contributed by atoms with Gasteiger partial charge in [-0.25, -0.2) is 8.78 Å². The van der Waals surface area contributed by atoms with Crippen molar-refractivity contribution in [2.75, 3.05) is 66.8 Å². The molecular weight excluding hydrogens is 596 g/mol. The van der Waals surface area contributed by atoms with E-state index in [9.17, 15) is 13.6 Å². The normalized spacial score (nSPS) is 18.9. The number of fused-ring (bicyclic) bond motifs is 1. The van der Waals surface area contributed by atoms with Gasteiger partial charge in [-0.3, -0.25) is 14.6 Å². The quantitative estimate of drug-likeness (QED) is 0.259. The maximum Gasteiger partial charge on any atom is 0.323 e. The highest BCUT2D eigenvalue weighted by Gasteiger charge is 2.43. The minimum absolute atomic E-state index is 0.000718. The molecule has 0 spiro atoms. The third kappa shape index (κ3) is 8.09. The molecule has 46 heavy (non-hydrogen) atoms. The third-order valence-electron chi connectivity index (χ3n) is 8.55. The molecule has 2 aliphatic rings. The molecule has 1 unspecified atom stereocenters. The van der Waals surface area contributed by atoms with Crippen LogP contribution >= 0.6 is 0 Å². The Balaban J connectivity index is 1.52. The second-order valence-electron chi connectivity index (χ2n) is 11.5. The fourth-order valence-electron chi connectivity index (χ4n) is 6.58. The van der Waals surface area contributed by atoms with Crippen molar-refractivity contribution in [3.05, 3.63) is 77.4 Å². The zero-order chi connectivity index (χ0) is 32.5. The van der Waals surface area contributed by atoms with E-state index in [0.29, 0.717) is 57.9 Å². The molecule has 2 aliphatic heterocycles. The van der Waals surface area contributed by atoms with Crippen LogP contribution in [0.3, 0.4) is 0 Å². The van der Waals surface area contributed by atoms with Crippen LogP contribution in [0.2, 0.25) is 0 Å². The summed E-state index contributed by atoms with van der Waals surface area (Å²) in [7, 11) is 3.07. The van der Waals surface area contributed by atoms with Crippen molar-refractivity contribution in [1.82, 2.24) is 24.7 Å².